The van der Waals surface area contributed by atoms with E-state index in [0.29, 0.717) is 0 Å². The molecule has 0 aliphatic carbocycles. The molecule has 0 aliphatic heterocycles. The number of ketones is 1. The number of thioether (sulfide) groups is 1. The molecule has 0 aromatic heterocycles. The molecule has 0 radical (unpaired) electrons. The Morgan fingerprint density at radius 2 is 1.89 bits per heavy atom. The summed E-state index contributed by atoms with van der Waals surface area (Å²) in [6.07, 6.45) is 0. The molecule has 0 saturated heterocycles. The van der Waals surface area contributed by atoms with Crippen LogP contribution in [0.1, 0.15) is 22.8 Å². The van der Waals surface area contributed by atoms with Crippen LogP contribution in [0.2, 0.25) is 5.02 Å². The van der Waals surface area contributed by atoms with Crippen molar-refractivity contribution >= 4 is 35.1 Å². The van der Waals surface area contributed by atoms with Gasteiger partial charge in [-0.15, -0.1) is 0 Å². The normalized spacial score (nSPS) is 11.1. The maximum Gasteiger partial charge on any atom is 0.446 e. The molecule has 0 bridgehead atoms. The average molecular weight is 419 g/mol. The minimum Gasteiger partial charge on any atom is -0.481 e. The Hall–Kier alpha value is -2.19. The summed E-state index contributed by atoms with van der Waals surface area (Å²) in [7, 11) is 0. The van der Waals surface area contributed by atoms with Crippen LogP contribution in [0.4, 0.5) is 13.2 Å². The summed E-state index contributed by atoms with van der Waals surface area (Å²) in [5.41, 5.74) is -4.40. The van der Waals surface area contributed by atoms with Gasteiger partial charge in [0.25, 0.3) is 0 Å². The fourth-order valence-corrected chi connectivity index (χ4v) is 2.91. The lowest BCUT2D eigenvalue weighted by atomic mass is 10.0. The number of hydrogen-bond acceptors (Lipinski definition) is 5. The first kappa shape index (κ1) is 21.1. The third-order valence-electron chi connectivity index (χ3n) is 3.17. The first-order valence-corrected chi connectivity index (χ1v) is 8.87. The Morgan fingerprint density at radius 3 is 2.56 bits per heavy atom. The largest absolute Gasteiger partial charge is 0.481 e. The lowest BCUT2D eigenvalue weighted by Crippen LogP contribution is -2.16. The number of alkyl halides is 3. The molecule has 0 saturated carbocycles. The third-order valence-corrected chi connectivity index (χ3v) is 4.12. The van der Waals surface area contributed by atoms with Crippen molar-refractivity contribution in [2.24, 2.45) is 0 Å². The number of esters is 1. The summed E-state index contributed by atoms with van der Waals surface area (Å²) in [6.45, 7) is 1.40. The summed E-state index contributed by atoms with van der Waals surface area (Å²) in [4.78, 5) is 24.1. The first-order valence-electron chi connectivity index (χ1n) is 7.68. The van der Waals surface area contributed by atoms with Crippen molar-refractivity contribution in [2.45, 2.75) is 17.3 Å². The van der Waals surface area contributed by atoms with Crippen molar-refractivity contribution in [3.63, 3.8) is 0 Å². The van der Waals surface area contributed by atoms with E-state index in [1.54, 1.807) is 6.92 Å². The van der Waals surface area contributed by atoms with Crippen molar-refractivity contribution < 1.29 is 32.2 Å². The second-order valence-electron chi connectivity index (χ2n) is 5.14. The predicted octanol–water partition coefficient (Wildman–Crippen LogP) is 5.12. The molecule has 0 spiro atoms. The summed E-state index contributed by atoms with van der Waals surface area (Å²) in [5, 5.41) is 0.239. The molecule has 0 heterocycles. The van der Waals surface area contributed by atoms with E-state index in [0.717, 1.165) is 6.07 Å². The minimum absolute atomic E-state index is 0.0287. The second-order valence-corrected chi connectivity index (χ2v) is 6.71. The quantitative estimate of drug-likeness (QED) is 0.354. The van der Waals surface area contributed by atoms with Gasteiger partial charge in [-0.25, -0.2) is 4.79 Å². The summed E-state index contributed by atoms with van der Waals surface area (Å²) >= 11 is 5.61. The van der Waals surface area contributed by atoms with E-state index in [1.807, 2.05) is 0 Å². The van der Waals surface area contributed by atoms with Crippen LogP contribution in [0, 0.1) is 0 Å². The van der Waals surface area contributed by atoms with Gasteiger partial charge in [-0.3, -0.25) is 4.79 Å². The number of benzene rings is 2. The molecule has 0 fully saturated rings. The molecule has 0 unspecified atom stereocenters. The lowest BCUT2D eigenvalue weighted by molar-refractivity contribution is -0.145. The smallest absolute Gasteiger partial charge is 0.446 e. The Labute approximate surface area is 162 Å². The fraction of sp³-hybridized carbons (Fsp3) is 0.222. The molecular weight excluding hydrogens is 405 g/mol. The van der Waals surface area contributed by atoms with Crippen LogP contribution in [0.25, 0.3) is 0 Å². The highest BCUT2D eigenvalue weighted by atomic mass is 35.5. The number of rotatable bonds is 7. The molecule has 2 aromatic rings. The van der Waals surface area contributed by atoms with E-state index in [2.05, 4.69) is 0 Å². The summed E-state index contributed by atoms with van der Waals surface area (Å²) < 4.78 is 47.7. The molecular formula is C18H14ClF3O4S. The van der Waals surface area contributed by atoms with Gasteiger partial charge in [0.2, 0.25) is 0 Å². The SMILES string of the molecule is CCOC(=O)COc1ccc(Cl)cc1C(=O)c1cccc(SC(F)(F)F)c1. The van der Waals surface area contributed by atoms with E-state index < -0.39 is 23.9 Å². The van der Waals surface area contributed by atoms with Gasteiger partial charge in [-0.05, 0) is 49.0 Å². The van der Waals surface area contributed by atoms with Crippen molar-refractivity contribution in [3.05, 3.63) is 58.6 Å². The van der Waals surface area contributed by atoms with Crippen molar-refractivity contribution in [1.82, 2.24) is 0 Å². The first-order chi connectivity index (χ1) is 12.7. The van der Waals surface area contributed by atoms with Gasteiger partial charge in [0.15, 0.2) is 12.4 Å². The van der Waals surface area contributed by atoms with Gasteiger partial charge in [-0.1, -0.05) is 23.7 Å². The fourth-order valence-electron chi connectivity index (χ4n) is 2.13. The molecule has 27 heavy (non-hydrogen) atoms. The molecule has 4 nitrogen and oxygen atoms in total. The molecule has 2 rings (SSSR count). The van der Waals surface area contributed by atoms with Gasteiger partial charge in [0.05, 0.1) is 12.2 Å². The Balaban J connectivity index is 2.28. The lowest BCUT2D eigenvalue weighted by Gasteiger charge is -2.12. The van der Waals surface area contributed by atoms with Crippen LogP contribution >= 0.6 is 23.4 Å². The van der Waals surface area contributed by atoms with Crippen molar-refractivity contribution in [2.75, 3.05) is 13.2 Å². The van der Waals surface area contributed by atoms with Crippen LogP contribution < -0.4 is 4.74 Å². The molecule has 0 amide bonds. The zero-order chi connectivity index (χ0) is 20.0. The van der Waals surface area contributed by atoms with Gasteiger partial charge >= 0.3 is 11.5 Å². The Kier molecular flexibility index (Phi) is 7.15. The number of ether oxygens (including phenoxy) is 2. The van der Waals surface area contributed by atoms with Gasteiger partial charge in [0.1, 0.15) is 5.75 Å². The Morgan fingerprint density at radius 1 is 1.15 bits per heavy atom. The highest BCUT2D eigenvalue weighted by molar-refractivity contribution is 8.00. The molecule has 0 atom stereocenters. The van der Waals surface area contributed by atoms with Crippen LogP contribution in [-0.2, 0) is 9.53 Å². The van der Waals surface area contributed by atoms with Crippen LogP contribution in [0.3, 0.4) is 0 Å². The average Bonchev–Trinajstić information content (AvgIpc) is 2.59. The van der Waals surface area contributed by atoms with Crippen LogP contribution in [0.15, 0.2) is 47.4 Å². The summed E-state index contributed by atoms with van der Waals surface area (Å²) in [5.74, 6) is -1.12. The van der Waals surface area contributed by atoms with E-state index in [9.17, 15) is 22.8 Å². The standard InChI is InChI=1S/C18H14ClF3O4S/c1-2-25-16(23)10-26-15-7-6-12(19)9-14(15)17(24)11-4-3-5-13(8-11)27-18(20,21)22/h3-9H,2,10H2,1H3. The second kappa shape index (κ2) is 9.14. The number of carbonyl (C=O) groups excluding carboxylic acids is 2. The maximum atomic E-state index is 12.8. The third kappa shape index (κ3) is 6.48. The highest BCUT2D eigenvalue weighted by Gasteiger charge is 2.29. The van der Waals surface area contributed by atoms with Gasteiger partial charge < -0.3 is 9.47 Å². The molecule has 0 aliphatic rings. The number of carbonyl (C=O) groups is 2. The van der Waals surface area contributed by atoms with Gasteiger partial charge in [-0.2, -0.15) is 13.2 Å². The number of halogens is 4. The van der Waals surface area contributed by atoms with E-state index >= 15 is 0 Å². The molecule has 0 N–H and O–H groups in total. The number of hydrogen-bond donors (Lipinski definition) is 0. The molecule has 9 heteroatoms. The summed E-state index contributed by atoms with van der Waals surface area (Å²) in [6, 6.07) is 9.33. The van der Waals surface area contributed by atoms with E-state index in [4.69, 9.17) is 21.1 Å². The minimum atomic E-state index is -4.47. The van der Waals surface area contributed by atoms with E-state index in [-0.39, 0.29) is 45.2 Å². The van der Waals surface area contributed by atoms with Crippen molar-refractivity contribution in [1.29, 1.82) is 0 Å². The van der Waals surface area contributed by atoms with E-state index in [1.165, 1.54) is 36.4 Å². The molecule has 2 aromatic carbocycles. The Bertz CT molecular complexity index is 840. The highest BCUT2D eigenvalue weighted by Crippen LogP contribution is 2.37. The van der Waals surface area contributed by atoms with Crippen LogP contribution in [0.5, 0.6) is 5.75 Å². The van der Waals surface area contributed by atoms with Crippen LogP contribution in [-0.4, -0.2) is 30.5 Å². The maximum absolute atomic E-state index is 12.8. The molecule has 144 valence electrons. The van der Waals surface area contributed by atoms with Gasteiger partial charge in [0, 0.05) is 15.5 Å². The predicted molar refractivity (Wildman–Crippen MR) is 95.4 cm³/mol. The van der Waals surface area contributed by atoms with Crippen molar-refractivity contribution in [3.8, 4) is 5.75 Å². The topological polar surface area (TPSA) is 52.6 Å². The zero-order valence-electron chi connectivity index (χ0n) is 14.0. The monoisotopic (exact) mass is 418 g/mol. The zero-order valence-corrected chi connectivity index (χ0v) is 15.6.